The van der Waals surface area contributed by atoms with Crippen molar-refractivity contribution in [3.63, 3.8) is 0 Å². The standard InChI is InChI=1S/C18H31NO.ClH/c1-7-18(16-9-8-10-17(20)11-16)15(6)12-19(13(2)3)14(4)5;/h8-11,13-15,18,20H,7,12H2,1-6H3;1H. The average molecular weight is 314 g/mol. The largest absolute Gasteiger partial charge is 0.508 e. The van der Waals surface area contributed by atoms with Gasteiger partial charge in [0.05, 0.1) is 0 Å². The molecule has 0 aliphatic carbocycles. The molecule has 2 atom stereocenters. The van der Waals surface area contributed by atoms with Gasteiger partial charge in [0.15, 0.2) is 0 Å². The molecule has 0 aliphatic heterocycles. The van der Waals surface area contributed by atoms with Crippen LogP contribution in [0.3, 0.4) is 0 Å². The van der Waals surface area contributed by atoms with Crippen molar-refractivity contribution in [2.75, 3.05) is 6.54 Å². The molecule has 21 heavy (non-hydrogen) atoms. The van der Waals surface area contributed by atoms with Crippen LogP contribution in [0.4, 0.5) is 0 Å². The van der Waals surface area contributed by atoms with Crippen molar-refractivity contribution in [2.24, 2.45) is 5.92 Å². The maximum Gasteiger partial charge on any atom is 0.115 e. The van der Waals surface area contributed by atoms with E-state index in [1.54, 1.807) is 6.07 Å². The number of benzene rings is 1. The molecule has 0 amide bonds. The first-order valence-corrected chi connectivity index (χ1v) is 7.91. The molecule has 1 N–H and O–H groups in total. The Balaban J connectivity index is 0.00000400. The molecule has 0 bridgehead atoms. The van der Waals surface area contributed by atoms with Crippen LogP contribution in [-0.2, 0) is 0 Å². The summed E-state index contributed by atoms with van der Waals surface area (Å²) >= 11 is 0. The number of hydrogen-bond acceptors (Lipinski definition) is 2. The van der Waals surface area contributed by atoms with Crippen LogP contribution in [-0.4, -0.2) is 28.6 Å². The van der Waals surface area contributed by atoms with Crippen LogP contribution in [0.5, 0.6) is 5.75 Å². The maximum atomic E-state index is 9.69. The third-order valence-corrected chi connectivity index (χ3v) is 4.25. The lowest BCUT2D eigenvalue weighted by Crippen LogP contribution is -2.41. The molecule has 0 fully saturated rings. The maximum absolute atomic E-state index is 9.69. The lowest BCUT2D eigenvalue weighted by molar-refractivity contribution is 0.141. The van der Waals surface area contributed by atoms with Gasteiger partial charge in [-0.15, -0.1) is 12.4 Å². The van der Waals surface area contributed by atoms with E-state index >= 15 is 0 Å². The fraction of sp³-hybridized carbons (Fsp3) is 0.667. The van der Waals surface area contributed by atoms with Crippen molar-refractivity contribution in [3.8, 4) is 5.75 Å². The zero-order chi connectivity index (χ0) is 15.3. The lowest BCUT2D eigenvalue weighted by Gasteiger charge is -2.35. The summed E-state index contributed by atoms with van der Waals surface area (Å²) in [7, 11) is 0. The molecule has 2 nitrogen and oxygen atoms in total. The van der Waals surface area contributed by atoms with Crippen LogP contribution in [0.2, 0.25) is 0 Å². The van der Waals surface area contributed by atoms with Gasteiger partial charge in [0.2, 0.25) is 0 Å². The molecule has 0 aliphatic rings. The number of hydrogen-bond donors (Lipinski definition) is 1. The summed E-state index contributed by atoms with van der Waals surface area (Å²) < 4.78 is 0. The van der Waals surface area contributed by atoms with E-state index < -0.39 is 0 Å². The summed E-state index contributed by atoms with van der Waals surface area (Å²) in [4.78, 5) is 2.55. The molecule has 1 aromatic carbocycles. The van der Waals surface area contributed by atoms with Crippen molar-refractivity contribution in [1.29, 1.82) is 0 Å². The fourth-order valence-electron chi connectivity index (χ4n) is 3.20. The Morgan fingerprint density at radius 2 is 1.62 bits per heavy atom. The van der Waals surface area contributed by atoms with Crippen molar-refractivity contribution in [3.05, 3.63) is 29.8 Å². The first-order valence-electron chi connectivity index (χ1n) is 7.91. The highest BCUT2D eigenvalue weighted by Gasteiger charge is 2.23. The number of halogens is 1. The summed E-state index contributed by atoms with van der Waals surface area (Å²) in [5.74, 6) is 1.45. The summed E-state index contributed by atoms with van der Waals surface area (Å²) in [6, 6.07) is 8.88. The van der Waals surface area contributed by atoms with Crippen molar-refractivity contribution in [2.45, 2.75) is 66.0 Å². The molecule has 0 radical (unpaired) electrons. The topological polar surface area (TPSA) is 23.5 Å². The smallest absolute Gasteiger partial charge is 0.115 e. The summed E-state index contributed by atoms with van der Waals surface area (Å²) in [6.45, 7) is 14.7. The second-order valence-electron chi connectivity index (χ2n) is 6.47. The molecule has 3 heteroatoms. The Kier molecular flexibility index (Phi) is 9.00. The minimum Gasteiger partial charge on any atom is -0.508 e. The van der Waals surface area contributed by atoms with Crippen LogP contribution in [0, 0.1) is 5.92 Å². The zero-order valence-electron chi connectivity index (χ0n) is 14.3. The predicted molar refractivity (Wildman–Crippen MR) is 94.5 cm³/mol. The molecular formula is C18H32ClNO. The van der Waals surface area contributed by atoms with Gasteiger partial charge in [0, 0.05) is 18.6 Å². The Bertz CT molecular complexity index is 398. The van der Waals surface area contributed by atoms with E-state index in [-0.39, 0.29) is 12.4 Å². The third kappa shape index (κ3) is 5.88. The minimum atomic E-state index is 0. The molecule has 0 aromatic heterocycles. The number of rotatable bonds is 7. The van der Waals surface area contributed by atoms with Crippen LogP contribution in [0.15, 0.2) is 24.3 Å². The normalized spacial score (nSPS) is 14.3. The quantitative estimate of drug-likeness (QED) is 0.760. The van der Waals surface area contributed by atoms with E-state index in [9.17, 15) is 5.11 Å². The van der Waals surface area contributed by atoms with Gasteiger partial charge in [0.25, 0.3) is 0 Å². The first kappa shape index (κ1) is 20.3. The number of phenols is 1. The van der Waals surface area contributed by atoms with Gasteiger partial charge in [-0.25, -0.2) is 0 Å². The number of nitrogens with zero attached hydrogens (tertiary/aromatic N) is 1. The number of aromatic hydroxyl groups is 1. The zero-order valence-corrected chi connectivity index (χ0v) is 15.2. The van der Waals surface area contributed by atoms with Gasteiger partial charge in [-0.3, -0.25) is 4.90 Å². The molecule has 1 aromatic rings. The first-order chi connectivity index (χ1) is 9.36. The Labute approximate surface area is 137 Å². The average Bonchev–Trinajstić information content (AvgIpc) is 2.36. The van der Waals surface area contributed by atoms with Crippen LogP contribution < -0.4 is 0 Å². The summed E-state index contributed by atoms with van der Waals surface area (Å²) in [5.41, 5.74) is 1.26. The third-order valence-electron chi connectivity index (χ3n) is 4.25. The van der Waals surface area contributed by atoms with Crippen LogP contribution in [0.25, 0.3) is 0 Å². The van der Waals surface area contributed by atoms with Gasteiger partial charge in [0.1, 0.15) is 5.75 Å². The van der Waals surface area contributed by atoms with Crippen molar-refractivity contribution < 1.29 is 5.11 Å². The fourth-order valence-corrected chi connectivity index (χ4v) is 3.20. The second-order valence-corrected chi connectivity index (χ2v) is 6.47. The molecule has 2 unspecified atom stereocenters. The molecule has 0 spiro atoms. The highest BCUT2D eigenvalue weighted by Crippen LogP contribution is 2.31. The van der Waals surface area contributed by atoms with E-state index in [1.165, 1.54) is 5.56 Å². The van der Waals surface area contributed by atoms with Gasteiger partial charge >= 0.3 is 0 Å². The van der Waals surface area contributed by atoms with E-state index in [1.807, 2.05) is 12.1 Å². The molecule has 1 rings (SSSR count). The highest BCUT2D eigenvalue weighted by atomic mass is 35.5. The van der Waals surface area contributed by atoms with Gasteiger partial charge in [-0.2, -0.15) is 0 Å². The van der Waals surface area contributed by atoms with E-state index in [4.69, 9.17) is 0 Å². The minimum absolute atomic E-state index is 0. The molecular weight excluding hydrogens is 282 g/mol. The molecule has 0 heterocycles. The van der Waals surface area contributed by atoms with Crippen molar-refractivity contribution >= 4 is 12.4 Å². The van der Waals surface area contributed by atoms with Crippen LogP contribution in [0.1, 0.15) is 59.4 Å². The summed E-state index contributed by atoms with van der Waals surface area (Å²) in [5, 5.41) is 9.69. The monoisotopic (exact) mass is 313 g/mol. The van der Waals surface area contributed by atoms with E-state index in [0.717, 1.165) is 13.0 Å². The van der Waals surface area contributed by atoms with Crippen LogP contribution >= 0.6 is 12.4 Å². The lowest BCUT2D eigenvalue weighted by atomic mass is 9.84. The molecule has 0 saturated heterocycles. The SMILES string of the molecule is CCC(c1cccc(O)c1)C(C)CN(C(C)C)C(C)C.Cl. The predicted octanol–water partition coefficient (Wildman–Crippen LogP) is 5.06. The van der Waals surface area contributed by atoms with E-state index in [2.05, 4.69) is 52.5 Å². The number of phenolic OH excluding ortho intramolecular Hbond substituents is 1. The Morgan fingerprint density at radius 1 is 1.05 bits per heavy atom. The van der Waals surface area contributed by atoms with Gasteiger partial charge in [-0.05, 0) is 63.6 Å². The van der Waals surface area contributed by atoms with Gasteiger partial charge in [-0.1, -0.05) is 26.0 Å². The summed E-state index contributed by atoms with van der Waals surface area (Å²) in [6.07, 6.45) is 1.11. The van der Waals surface area contributed by atoms with Gasteiger partial charge < -0.3 is 5.11 Å². The van der Waals surface area contributed by atoms with E-state index in [0.29, 0.717) is 29.7 Å². The van der Waals surface area contributed by atoms with Crippen molar-refractivity contribution in [1.82, 2.24) is 4.90 Å². The molecule has 0 saturated carbocycles. The molecule has 122 valence electrons. The Hall–Kier alpha value is -0.730. The Morgan fingerprint density at radius 3 is 2.05 bits per heavy atom. The highest BCUT2D eigenvalue weighted by molar-refractivity contribution is 5.85. The second kappa shape index (κ2) is 9.32.